The molecule has 0 rings (SSSR count). The molecule has 0 aliphatic rings. The Labute approximate surface area is 97.0 Å². The van der Waals surface area contributed by atoms with Crippen molar-refractivity contribution < 1.29 is 9.53 Å². The summed E-state index contributed by atoms with van der Waals surface area (Å²) in [5.41, 5.74) is 6.23. The van der Waals surface area contributed by atoms with Crippen LogP contribution in [-0.2, 0) is 9.53 Å². The van der Waals surface area contributed by atoms with Crippen LogP contribution >= 0.6 is 0 Å². The summed E-state index contributed by atoms with van der Waals surface area (Å²) in [4.78, 5) is 16.4. The van der Waals surface area contributed by atoms with Gasteiger partial charge in [0, 0.05) is 32.8 Å². The highest BCUT2D eigenvalue weighted by Gasteiger charge is 2.11. The van der Waals surface area contributed by atoms with Gasteiger partial charge < -0.3 is 20.2 Å². The van der Waals surface area contributed by atoms with Crippen molar-refractivity contribution in [3.8, 4) is 0 Å². The second-order valence-electron chi connectivity index (χ2n) is 3.78. The highest BCUT2D eigenvalue weighted by atomic mass is 16.5. The van der Waals surface area contributed by atoms with Gasteiger partial charge in [-0.25, -0.2) is 4.99 Å². The maximum Gasteiger partial charge on any atom is 0.234 e. The van der Waals surface area contributed by atoms with Crippen molar-refractivity contribution >= 4 is 12.2 Å². The molecule has 0 aliphatic heterocycles. The standard InChI is InChI=1S/C11H21N3O2/c1-9(2)13-11(16-7-5-6-15)10(8-12)14(3)4/h6,8-9H,5,7,12H2,1-4H3. The fourth-order valence-electron chi connectivity index (χ4n) is 1.03. The Morgan fingerprint density at radius 1 is 1.50 bits per heavy atom. The van der Waals surface area contributed by atoms with Gasteiger partial charge in [-0.15, -0.1) is 0 Å². The number of carbonyl (C=O) groups is 1. The lowest BCUT2D eigenvalue weighted by Gasteiger charge is -2.19. The van der Waals surface area contributed by atoms with Crippen molar-refractivity contribution in [2.24, 2.45) is 10.7 Å². The minimum atomic E-state index is 0.112. The van der Waals surface area contributed by atoms with Crippen molar-refractivity contribution in [3.63, 3.8) is 0 Å². The minimum Gasteiger partial charge on any atom is -0.476 e. The van der Waals surface area contributed by atoms with Crippen LogP contribution in [0.5, 0.6) is 0 Å². The molecule has 0 heterocycles. The van der Waals surface area contributed by atoms with E-state index in [0.29, 0.717) is 24.6 Å². The number of aliphatic imine (C=N–C) groups is 1. The number of likely N-dealkylation sites (N-methyl/N-ethyl adjacent to an activating group) is 1. The van der Waals surface area contributed by atoms with Gasteiger partial charge in [-0.05, 0) is 13.8 Å². The van der Waals surface area contributed by atoms with Gasteiger partial charge in [-0.1, -0.05) is 0 Å². The van der Waals surface area contributed by atoms with Crippen LogP contribution in [0.2, 0.25) is 0 Å². The van der Waals surface area contributed by atoms with E-state index in [4.69, 9.17) is 10.5 Å². The predicted octanol–water partition coefficient (Wildman–Crippen LogP) is 0.761. The summed E-state index contributed by atoms with van der Waals surface area (Å²) < 4.78 is 5.44. The van der Waals surface area contributed by atoms with E-state index in [9.17, 15) is 4.79 Å². The van der Waals surface area contributed by atoms with E-state index < -0.39 is 0 Å². The third-order valence-electron chi connectivity index (χ3n) is 1.71. The first-order chi connectivity index (χ1) is 7.52. The van der Waals surface area contributed by atoms with Crippen molar-refractivity contribution in [1.29, 1.82) is 0 Å². The molecule has 0 saturated carbocycles. The van der Waals surface area contributed by atoms with E-state index in [1.165, 1.54) is 6.20 Å². The molecular weight excluding hydrogens is 206 g/mol. The van der Waals surface area contributed by atoms with Crippen LogP contribution in [0, 0.1) is 0 Å². The Bertz CT molecular complexity index is 270. The van der Waals surface area contributed by atoms with Crippen LogP contribution in [0.25, 0.3) is 0 Å². The summed E-state index contributed by atoms with van der Waals surface area (Å²) in [6.07, 6.45) is 2.61. The first kappa shape index (κ1) is 14.5. The van der Waals surface area contributed by atoms with Gasteiger partial charge in [0.1, 0.15) is 12.0 Å². The predicted molar refractivity (Wildman–Crippen MR) is 65.2 cm³/mol. The quantitative estimate of drug-likeness (QED) is 0.315. The largest absolute Gasteiger partial charge is 0.476 e. The third-order valence-corrected chi connectivity index (χ3v) is 1.71. The Balaban J connectivity index is 4.72. The number of ether oxygens (including phenoxy) is 1. The van der Waals surface area contributed by atoms with E-state index in [0.717, 1.165) is 6.29 Å². The van der Waals surface area contributed by atoms with Gasteiger partial charge in [0.05, 0.1) is 6.61 Å². The zero-order valence-electron chi connectivity index (χ0n) is 10.4. The Hall–Kier alpha value is -1.52. The molecule has 0 radical (unpaired) electrons. The molecule has 0 bridgehead atoms. The van der Waals surface area contributed by atoms with Crippen LogP contribution in [0.1, 0.15) is 20.3 Å². The molecule has 92 valence electrons. The molecule has 0 aromatic heterocycles. The Kier molecular flexibility index (Phi) is 7.00. The number of rotatable bonds is 6. The lowest BCUT2D eigenvalue weighted by Crippen LogP contribution is -2.24. The Morgan fingerprint density at radius 2 is 2.12 bits per heavy atom. The summed E-state index contributed by atoms with van der Waals surface area (Å²) in [5, 5.41) is 0. The normalized spacial score (nSPS) is 12.8. The highest BCUT2D eigenvalue weighted by molar-refractivity contribution is 5.92. The van der Waals surface area contributed by atoms with Crippen LogP contribution in [0.4, 0.5) is 0 Å². The highest BCUT2D eigenvalue weighted by Crippen LogP contribution is 2.05. The molecule has 0 fully saturated rings. The molecule has 0 unspecified atom stereocenters. The van der Waals surface area contributed by atoms with E-state index in [2.05, 4.69) is 4.99 Å². The molecule has 0 aromatic carbocycles. The van der Waals surface area contributed by atoms with Crippen molar-refractivity contribution in [1.82, 2.24) is 4.90 Å². The topological polar surface area (TPSA) is 67.9 Å². The second-order valence-corrected chi connectivity index (χ2v) is 3.78. The zero-order chi connectivity index (χ0) is 12.6. The number of carbonyl (C=O) groups excluding carboxylic acids is 1. The molecule has 5 nitrogen and oxygen atoms in total. The average Bonchev–Trinajstić information content (AvgIpc) is 2.17. The first-order valence-electron chi connectivity index (χ1n) is 5.26. The number of nitrogens with two attached hydrogens (primary N) is 1. The molecule has 0 saturated heterocycles. The third kappa shape index (κ3) is 5.38. The first-order valence-corrected chi connectivity index (χ1v) is 5.26. The molecular formula is C11H21N3O2. The molecule has 5 heteroatoms. The van der Waals surface area contributed by atoms with Crippen LogP contribution in [0.3, 0.4) is 0 Å². The lowest BCUT2D eigenvalue weighted by atomic mass is 10.3. The number of hydrogen-bond donors (Lipinski definition) is 1. The SMILES string of the molecule is CC(C)N=C(OCCC=O)C(=CN)N(C)C. The maximum atomic E-state index is 10.2. The van der Waals surface area contributed by atoms with Gasteiger partial charge in [-0.3, -0.25) is 0 Å². The van der Waals surface area contributed by atoms with Gasteiger partial charge >= 0.3 is 0 Å². The molecule has 0 aromatic rings. The van der Waals surface area contributed by atoms with Gasteiger partial charge in [0.2, 0.25) is 5.90 Å². The smallest absolute Gasteiger partial charge is 0.234 e. The number of nitrogens with zero attached hydrogens (tertiary/aromatic N) is 2. The number of hydrogen-bond acceptors (Lipinski definition) is 5. The fraction of sp³-hybridized carbons (Fsp3) is 0.636. The Morgan fingerprint density at radius 3 is 2.50 bits per heavy atom. The maximum absolute atomic E-state index is 10.2. The van der Waals surface area contributed by atoms with E-state index in [1.807, 2.05) is 32.8 Å². The van der Waals surface area contributed by atoms with E-state index in [-0.39, 0.29) is 6.04 Å². The second kappa shape index (κ2) is 7.73. The van der Waals surface area contributed by atoms with Crippen LogP contribution in [0.15, 0.2) is 16.9 Å². The van der Waals surface area contributed by atoms with Gasteiger partial charge in [-0.2, -0.15) is 0 Å². The van der Waals surface area contributed by atoms with Crippen molar-refractivity contribution in [2.75, 3.05) is 20.7 Å². The lowest BCUT2D eigenvalue weighted by molar-refractivity contribution is -0.108. The summed E-state index contributed by atoms with van der Waals surface area (Å²) in [5.74, 6) is 0.476. The molecule has 16 heavy (non-hydrogen) atoms. The molecule has 0 aliphatic carbocycles. The van der Waals surface area contributed by atoms with Gasteiger partial charge in [0.25, 0.3) is 0 Å². The van der Waals surface area contributed by atoms with Crippen LogP contribution in [-0.4, -0.2) is 43.8 Å². The summed E-state index contributed by atoms with van der Waals surface area (Å²) in [6.45, 7) is 4.22. The summed E-state index contributed by atoms with van der Waals surface area (Å²) >= 11 is 0. The van der Waals surface area contributed by atoms with Crippen LogP contribution < -0.4 is 5.73 Å². The molecule has 0 amide bonds. The average molecular weight is 227 g/mol. The van der Waals surface area contributed by atoms with E-state index in [1.54, 1.807) is 0 Å². The monoisotopic (exact) mass is 227 g/mol. The van der Waals surface area contributed by atoms with Gasteiger partial charge in [0.15, 0.2) is 0 Å². The molecule has 0 atom stereocenters. The molecule has 2 N–H and O–H groups in total. The number of aldehydes is 1. The van der Waals surface area contributed by atoms with E-state index >= 15 is 0 Å². The van der Waals surface area contributed by atoms with Crippen molar-refractivity contribution in [3.05, 3.63) is 11.9 Å². The zero-order valence-corrected chi connectivity index (χ0v) is 10.4. The fourth-order valence-corrected chi connectivity index (χ4v) is 1.03. The summed E-state index contributed by atoms with van der Waals surface area (Å²) in [6, 6.07) is 0.112. The van der Waals surface area contributed by atoms with Crippen molar-refractivity contribution in [2.45, 2.75) is 26.3 Å². The minimum absolute atomic E-state index is 0.112. The molecule has 0 spiro atoms. The summed E-state index contributed by atoms with van der Waals surface area (Å²) in [7, 11) is 3.72.